The molecule has 0 aliphatic carbocycles. The lowest BCUT2D eigenvalue weighted by atomic mass is 10.1. The predicted octanol–water partition coefficient (Wildman–Crippen LogP) is 5.30. The topological polar surface area (TPSA) is 93.7 Å². The Morgan fingerprint density at radius 3 is 2.03 bits per heavy atom. The standard InChI is InChI=1S/C27H28N2O5/c1-18-7-4-5-10-23(18)34-22-13-11-21(12-14-22)28-24(30)15-16-26(32)33-17-25(31)29-27-19(2)8-6-9-20(27)3/h4-14H,15-17H2,1-3H3,(H,28,30)(H,29,31). The lowest BCUT2D eigenvalue weighted by molar-refractivity contribution is -0.147. The minimum Gasteiger partial charge on any atom is -0.457 e. The largest absolute Gasteiger partial charge is 0.457 e. The Hall–Kier alpha value is -4.13. The Morgan fingerprint density at radius 1 is 0.706 bits per heavy atom. The Kier molecular flexibility index (Phi) is 8.40. The number of carbonyl (C=O) groups is 3. The molecule has 0 fully saturated rings. The summed E-state index contributed by atoms with van der Waals surface area (Å²) in [5.41, 5.74) is 4.16. The van der Waals surface area contributed by atoms with E-state index in [1.165, 1.54) is 0 Å². The van der Waals surface area contributed by atoms with Gasteiger partial charge in [0.15, 0.2) is 6.61 Å². The van der Waals surface area contributed by atoms with Gasteiger partial charge in [-0.2, -0.15) is 0 Å². The van der Waals surface area contributed by atoms with E-state index in [1.54, 1.807) is 24.3 Å². The van der Waals surface area contributed by atoms with Crippen LogP contribution in [0.2, 0.25) is 0 Å². The van der Waals surface area contributed by atoms with Gasteiger partial charge < -0.3 is 20.1 Å². The summed E-state index contributed by atoms with van der Waals surface area (Å²) in [4.78, 5) is 36.2. The summed E-state index contributed by atoms with van der Waals surface area (Å²) in [6.45, 7) is 5.33. The zero-order valence-corrected chi connectivity index (χ0v) is 19.5. The molecule has 0 bridgehead atoms. The number of anilines is 2. The fourth-order valence-corrected chi connectivity index (χ4v) is 3.25. The van der Waals surface area contributed by atoms with E-state index in [0.717, 1.165) is 22.4 Å². The monoisotopic (exact) mass is 460 g/mol. The van der Waals surface area contributed by atoms with Crippen molar-refractivity contribution in [3.05, 3.63) is 83.4 Å². The van der Waals surface area contributed by atoms with Crippen LogP contribution >= 0.6 is 0 Å². The molecule has 0 saturated carbocycles. The summed E-state index contributed by atoms with van der Waals surface area (Å²) in [6.07, 6.45) is -0.185. The number of hydrogen-bond acceptors (Lipinski definition) is 5. The Balaban J connectivity index is 1.39. The molecule has 0 radical (unpaired) electrons. The van der Waals surface area contributed by atoms with Crippen molar-refractivity contribution in [1.29, 1.82) is 0 Å². The Labute approximate surface area is 199 Å². The summed E-state index contributed by atoms with van der Waals surface area (Å²) >= 11 is 0. The quantitative estimate of drug-likeness (QED) is 0.423. The van der Waals surface area contributed by atoms with E-state index in [4.69, 9.17) is 9.47 Å². The second kappa shape index (κ2) is 11.7. The number of amides is 2. The highest BCUT2D eigenvalue weighted by Gasteiger charge is 2.12. The fraction of sp³-hybridized carbons (Fsp3) is 0.222. The van der Waals surface area contributed by atoms with Crippen LogP contribution in [0.4, 0.5) is 11.4 Å². The molecule has 7 heteroatoms. The first-order valence-electron chi connectivity index (χ1n) is 11.0. The van der Waals surface area contributed by atoms with Crippen LogP contribution in [0.15, 0.2) is 66.7 Å². The zero-order valence-electron chi connectivity index (χ0n) is 19.5. The molecule has 0 spiro atoms. The SMILES string of the molecule is Cc1ccccc1Oc1ccc(NC(=O)CCC(=O)OCC(=O)Nc2c(C)cccc2C)cc1. The normalized spacial score (nSPS) is 10.3. The van der Waals surface area contributed by atoms with Gasteiger partial charge in [0.05, 0.1) is 6.42 Å². The molecule has 3 aromatic carbocycles. The van der Waals surface area contributed by atoms with Gasteiger partial charge in [-0.25, -0.2) is 0 Å². The van der Waals surface area contributed by atoms with Gasteiger partial charge in [0, 0.05) is 17.8 Å². The minimum absolute atomic E-state index is 0.0567. The number of esters is 1. The van der Waals surface area contributed by atoms with Gasteiger partial charge >= 0.3 is 5.97 Å². The third-order valence-corrected chi connectivity index (χ3v) is 5.13. The van der Waals surface area contributed by atoms with Gasteiger partial charge in [0.1, 0.15) is 11.5 Å². The molecule has 0 aliphatic heterocycles. The number of nitrogens with one attached hydrogen (secondary N) is 2. The summed E-state index contributed by atoms with van der Waals surface area (Å²) < 4.78 is 10.8. The first kappa shape index (κ1) is 24.5. The highest BCUT2D eigenvalue weighted by atomic mass is 16.5. The lowest BCUT2D eigenvalue weighted by Gasteiger charge is -2.11. The molecule has 3 aromatic rings. The number of para-hydroxylation sites is 2. The van der Waals surface area contributed by atoms with E-state index in [0.29, 0.717) is 17.1 Å². The molecule has 34 heavy (non-hydrogen) atoms. The summed E-state index contributed by atoms with van der Waals surface area (Å²) in [5, 5.41) is 5.48. The van der Waals surface area contributed by atoms with Crippen LogP contribution in [0.1, 0.15) is 29.5 Å². The molecule has 3 rings (SSSR count). The lowest BCUT2D eigenvalue weighted by Crippen LogP contribution is -2.22. The van der Waals surface area contributed by atoms with E-state index in [9.17, 15) is 14.4 Å². The highest BCUT2D eigenvalue weighted by molar-refractivity contribution is 5.95. The molecule has 0 heterocycles. The van der Waals surface area contributed by atoms with Gasteiger partial charge in [-0.15, -0.1) is 0 Å². The number of carbonyl (C=O) groups excluding carboxylic acids is 3. The molecule has 2 amide bonds. The van der Waals surface area contributed by atoms with Gasteiger partial charge in [0.2, 0.25) is 5.91 Å². The van der Waals surface area contributed by atoms with Crippen LogP contribution in [-0.4, -0.2) is 24.4 Å². The van der Waals surface area contributed by atoms with E-state index in [1.807, 2.05) is 63.2 Å². The molecule has 2 N–H and O–H groups in total. The maximum Gasteiger partial charge on any atom is 0.306 e. The van der Waals surface area contributed by atoms with Crippen molar-refractivity contribution in [1.82, 2.24) is 0 Å². The molecular formula is C27H28N2O5. The summed E-state index contributed by atoms with van der Waals surface area (Å²) in [5.74, 6) is 0.0389. The smallest absolute Gasteiger partial charge is 0.306 e. The molecule has 7 nitrogen and oxygen atoms in total. The number of rotatable bonds is 9. The zero-order chi connectivity index (χ0) is 24.5. The van der Waals surface area contributed by atoms with Gasteiger partial charge in [-0.05, 0) is 67.8 Å². The van der Waals surface area contributed by atoms with Crippen LogP contribution in [0.5, 0.6) is 11.5 Å². The van der Waals surface area contributed by atoms with Gasteiger partial charge in [0.25, 0.3) is 5.91 Å². The summed E-state index contributed by atoms with van der Waals surface area (Å²) in [6, 6.07) is 20.3. The van der Waals surface area contributed by atoms with Crippen molar-refractivity contribution in [3.8, 4) is 11.5 Å². The Bertz CT molecular complexity index is 1150. The van der Waals surface area contributed by atoms with Crippen molar-refractivity contribution in [3.63, 3.8) is 0 Å². The van der Waals surface area contributed by atoms with Crippen molar-refractivity contribution >= 4 is 29.2 Å². The fourth-order valence-electron chi connectivity index (χ4n) is 3.25. The summed E-state index contributed by atoms with van der Waals surface area (Å²) in [7, 11) is 0. The van der Waals surface area contributed by atoms with Crippen molar-refractivity contribution in [2.45, 2.75) is 33.6 Å². The molecule has 0 aliphatic rings. The molecule has 0 atom stereocenters. The Morgan fingerprint density at radius 2 is 1.35 bits per heavy atom. The number of benzene rings is 3. The third-order valence-electron chi connectivity index (χ3n) is 5.13. The predicted molar refractivity (Wildman–Crippen MR) is 131 cm³/mol. The van der Waals surface area contributed by atoms with Gasteiger partial charge in [-0.3, -0.25) is 14.4 Å². The highest BCUT2D eigenvalue weighted by Crippen LogP contribution is 2.25. The average molecular weight is 461 g/mol. The van der Waals surface area contributed by atoms with Crippen LogP contribution in [0.25, 0.3) is 0 Å². The van der Waals surface area contributed by atoms with Crippen LogP contribution in [-0.2, 0) is 19.1 Å². The number of aryl methyl sites for hydroxylation is 3. The van der Waals surface area contributed by atoms with E-state index in [2.05, 4.69) is 10.6 Å². The molecule has 0 unspecified atom stereocenters. The first-order chi connectivity index (χ1) is 16.3. The van der Waals surface area contributed by atoms with Crippen LogP contribution < -0.4 is 15.4 Å². The van der Waals surface area contributed by atoms with Crippen molar-refractivity contribution in [2.24, 2.45) is 0 Å². The average Bonchev–Trinajstić information content (AvgIpc) is 2.81. The first-order valence-corrected chi connectivity index (χ1v) is 11.0. The number of ether oxygens (including phenoxy) is 2. The molecule has 0 aromatic heterocycles. The minimum atomic E-state index is -0.617. The maximum atomic E-state index is 12.2. The third kappa shape index (κ3) is 7.20. The van der Waals surface area contributed by atoms with Crippen LogP contribution in [0.3, 0.4) is 0 Å². The maximum absolute atomic E-state index is 12.2. The molecular weight excluding hydrogens is 432 g/mol. The number of hydrogen-bond donors (Lipinski definition) is 2. The molecule has 0 saturated heterocycles. The van der Waals surface area contributed by atoms with Gasteiger partial charge in [-0.1, -0.05) is 36.4 Å². The second-order valence-corrected chi connectivity index (χ2v) is 7.92. The second-order valence-electron chi connectivity index (χ2n) is 7.92. The van der Waals surface area contributed by atoms with Crippen molar-refractivity contribution < 1.29 is 23.9 Å². The van der Waals surface area contributed by atoms with E-state index in [-0.39, 0.29) is 18.7 Å². The van der Waals surface area contributed by atoms with Crippen molar-refractivity contribution in [2.75, 3.05) is 17.2 Å². The van der Waals surface area contributed by atoms with Crippen LogP contribution in [0, 0.1) is 20.8 Å². The van der Waals surface area contributed by atoms with E-state index >= 15 is 0 Å². The van der Waals surface area contributed by atoms with E-state index < -0.39 is 18.5 Å². The molecule has 176 valence electrons.